The third-order valence-electron chi connectivity index (χ3n) is 15.5. The van der Waals surface area contributed by atoms with Gasteiger partial charge in [-0.2, -0.15) is 0 Å². The topological polar surface area (TPSA) is 43.2 Å². The van der Waals surface area contributed by atoms with Gasteiger partial charge in [-0.1, -0.05) is 284 Å². The van der Waals surface area contributed by atoms with Crippen molar-refractivity contribution in [3.05, 3.63) is 347 Å². The molecule has 10 aromatic rings. The van der Waals surface area contributed by atoms with Crippen LogP contribution in [0.5, 0.6) is 0 Å². The number of nitrogens with zero attached hydrogens (tertiary/aromatic N) is 2. The van der Waals surface area contributed by atoms with Crippen LogP contribution in [-0.2, 0) is 79.4 Å². The van der Waals surface area contributed by atoms with Crippen LogP contribution in [0.15, 0.2) is 289 Å². The van der Waals surface area contributed by atoms with Crippen molar-refractivity contribution in [1.82, 2.24) is 0 Å². The Balaban J connectivity index is 0.000000174. The number of ether oxygens (including phenoxy) is 2. The van der Waals surface area contributed by atoms with Crippen molar-refractivity contribution in [3.63, 3.8) is 0 Å². The van der Waals surface area contributed by atoms with Gasteiger partial charge in [-0.05, 0) is 99.9 Å². The third-order valence-corrected chi connectivity index (χ3v) is 15.5. The molecule has 2 heterocycles. The zero-order valence-corrected chi connectivity index (χ0v) is 57.6. The van der Waals surface area contributed by atoms with Gasteiger partial charge in [0.05, 0.1) is 25.3 Å². The van der Waals surface area contributed by atoms with Crippen LogP contribution in [0, 0.1) is 23.0 Å². The van der Waals surface area contributed by atoms with Crippen LogP contribution in [0.25, 0.3) is 44.6 Å². The van der Waals surface area contributed by atoms with Crippen LogP contribution in [0.2, 0.25) is 0 Å². The van der Waals surface area contributed by atoms with Gasteiger partial charge in [-0.3, -0.25) is 48.5 Å². The molecule has 10 aromatic carbocycles. The van der Waals surface area contributed by atoms with Gasteiger partial charge in [-0.25, -0.2) is 11.1 Å². The minimum absolute atomic E-state index is 0. The molecule has 90 heavy (non-hydrogen) atoms. The molecule has 0 unspecified atom stereocenters. The van der Waals surface area contributed by atoms with E-state index in [0.29, 0.717) is 13.2 Å². The molecule has 0 amide bonds. The van der Waals surface area contributed by atoms with E-state index in [0.717, 1.165) is 22.9 Å². The first-order valence-electron chi connectivity index (χ1n) is 29.4. The average molecular weight is 1490 g/mol. The summed E-state index contributed by atoms with van der Waals surface area (Å²) in [4.78, 5) is 9.13. The fourth-order valence-corrected chi connectivity index (χ4v) is 10.9. The number of halogens is 2. The van der Waals surface area contributed by atoms with E-state index in [2.05, 4.69) is 362 Å². The van der Waals surface area contributed by atoms with Gasteiger partial charge in [0.25, 0.3) is 0 Å². The quantitative estimate of drug-likeness (QED) is 0.101. The predicted octanol–water partition coefficient (Wildman–Crippen LogP) is 20.6. The van der Waals surface area contributed by atoms with E-state index in [1.807, 2.05) is 36.4 Å². The van der Waals surface area contributed by atoms with Crippen molar-refractivity contribution in [3.8, 4) is 0 Å². The number of hydrogen-bond donors (Lipinski definition) is 0. The Bertz CT molecular complexity index is 3310. The van der Waals surface area contributed by atoms with Crippen molar-refractivity contribution in [2.75, 3.05) is 13.2 Å². The smallest absolute Gasteiger partial charge is 0 e. The Morgan fingerprint density at radius 2 is 0.511 bits per heavy atom. The summed E-state index contributed by atoms with van der Waals surface area (Å²) in [5.74, 6) is 1.49. The molecule has 0 fully saturated rings. The summed E-state index contributed by atoms with van der Waals surface area (Å²) in [5.41, 5.74) is 23.0. The number of aliphatic imine (C=N–C) groups is 2. The largest absolute Gasteiger partial charge is 0.0622 e. The van der Waals surface area contributed by atoms with E-state index >= 15 is 0 Å². The maximum atomic E-state index is 5.56. The standard InChI is InChI=1S/2C28H20.2C12H15NO.2ClH.2Co.2Pd/c2*1-5-13-21(14-6-1)25-26(22-15-7-2-8-16-22)28(24-19-11-4-12-20-24)27(25)23-17-9-3-10-18-23;2*1-12(2,3)10-8-14-11(13-10)9-6-4-5-7-9;;;;;;/h2*1-20H;2*4-6,10H,8H2,1-3H3;2*1H;;;;/q;;2*-2;;;;;2*+2/p-2/t;;2*10-;;;;;;/m..11....../s1. The number of benzene rings is 8. The zero-order valence-electron chi connectivity index (χ0n) is 50.9. The van der Waals surface area contributed by atoms with Gasteiger partial charge in [0.1, 0.15) is 0 Å². The summed E-state index contributed by atoms with van der Waals surface area (Å²) in [7, 11) is 8.98. The summed E-state index contributed by atoms with van der Waals surface area (Å²) >= 11 is 4.44. The molecule has 2 atom stereocenters. The molecule has 0 aromatic heterocycles. The molecular weight excluding hydrogens is 1420 g/mol. The maximum absolute atomic E-state index is 5.56. The van der Waals surface area contributed by atoms with Gasteiger partial charge in [0, 0.05) is 45.4 Å². The molecule has 466 valence electrons. The normalized spacial score (nSPS) is 15.3. The van der Waals surface area contributed by atoms with Crippen molar-refractivity contribution in [2.24, 2.45) is 20.8 Å². The van der Waals surface area contributed by atoms with Gasteiger partial charge in [-0.15, -0.1) is 0 Å². The molecule has 4 aliphatic rings. The molecule has 0 saturated heterocycles. The molecule has 2 aliphatic carbocycles. The summed E-state index contributed by atoms with van der Waals surface area (Å²) in [6.45, 7) is 14.5. The van der Waals surface area contributed by atoms with E-state index in [1.165, 1.54) is 89.1 Å². The third kappa shape index (κ3) is 17.4. The SMILES string of the molecule is CC(C)(C)[C@H]1COC(c2[c-]cc[cH-]2)=N1.CC(C)(C)[C@H]1COC(c2[c-]cc[cH-]2)=N1.[Cl][Pd+].[Cl][Pd+].[Co].[Co].c1ccc(C2=C(c3ccccc3)C(c3ccccc3)=C2c2ccccc2)cc1.c1ccc(C2=C(c3ccccc3)C(c3ccccc3)=C2c2ccccc2)cc1. The predicted molar refractivity (Wildman–Crippen MR) is 364 cm³/mol. The Hall–Kier alpha value is -6.72. The van der Waals surface area contributed by atoms with Crippen molar-refractivity contribution in [1.29, 1.82) is 0 Å². The van der Waals surface area contributed by atoms with E-state index in [1.54, 1.807) is 0 Å². The Labute approximate surface area is 583 Å². The first-order chi connectivity index (χ1) is 43.0. The second-order valence-corrected chi connectivity index (χ2v) is 23.3. The molecular formula is C80H70Cl2Co2N2O2Pd2-2. The molecule has 14 rings (SSSR count). The second-order valence-electron chi connectivity index (χ2n) is 23.3. The maximum Gasteiger partial charge on any atom is 0 e. The van der Waals surface area contributed by atoms with Crippen LogP contribution in [0.3, 0.4) is 0 Å². The van der Waals surface area contributed by atoms with Crippen molar-refractivity contribution in [2.45, 2.75) is 53.6 Å². The van der Waals surface area contributed by atoms with Crippen molar-refractivity contribution < 1.29 is 79.4 Å². The molecule has 0 spiro atoms. The molecule has 2 aliphatic heterocycles. The molecule has 2 radical (unpaired) electrons. The van der Waals surface area contributed by atoms with Gasteiger partial charge in [0.2, 0.25) is 0 Å². The molecule has 0 bridgehead atoms. The van der Waals surface area contributed by atoms with Crippen LogP contribution in [-0.4, -0.2) is 37.1 Å². The van der Waals surface area contributed by atoms with Gasteiger partial charge >= 0.3 is 55.4 Å². The molecule has 0 N–H and O–H groups in total. The molecule has 0 saturated carbocycles. The molecule has 4 nitrogen and oxygen atoms in total. The zero-order chi connectivity index (χ0) is 61.9. The number of hydrogen-bond acceptors (Lipinski definition) is 4. The fourth-order valence-electron chi connectivity index (χ4n) is 10.9. The average Bonchev–Trinajstić information content (AvgIpc) is 0.934. The van der Waals surface area contributed by atoms with Gasteiger partial charge < -0.3 is 19.5 Å². The Morgan fingerprint density at radius 1 is 0.333 bits per heavy atom. The second kappa shape index (κ2) is 34.6. The van der Waals surface area contributed by atoms with Crippen molar-refractivity contribution >= 4 is 75.4 Å². The minimum Gasteiger partial charge on any atom is -0.0622 e. The van der Waals surface area contributed by atoms with Crippen LogP contribution in [0.1, 0.15) is 97.2 Å². The van der Waals surface area contributed by atoms with Crippen LogP contribution >= 0.6 is 19.1 Å². The monoisotopic (exact) mass is 1490 g/mol. The Morgan fingerprint density at radius 3 is 0.644 bits per heavy atom. The van der Waals surface area contributed by atoms with Crippen LogP contribution < -0.4 is 0 Å². The summed E-state index contributed by atoms with van der Waals surface area (Å²) in [6, 6.07) is 104. The number of rotatable bonds is 10. The summed E-state index contributed by atoms with van der Waals surface area (Å²) < 4.78 is 11.1. The first kappa shape index (κ1) is 70.7. The fraction of sp³-hybridized carbons (Fsp3) is 0.150. The van der Waals surface area contributed by atoms with Gasteiger partial charge in [0.15, 0.2) is 0 Å². The van der Waals surface area contributed by atoms with E-state index in [4.69, 9.17) is 9.47 Å². The molecule has 10 heteroatoms. The van der Waals surface area contributed by atoms with Crippen LogP contribution in [0.4, 0.5) is 0 Å². The number of allylic oxidation sites excluding steroid dienone is 8. The van der Waals surface area contributed by atoms with E-state index < -0.39 is 0 Å². The minimum atomic E-state index is 0. The first-order valence-corrected chi connectivity index (χ1v) is 33.4. The summed E-state index contributed by atoms with van der Waals surface area (Å²) in [6.07, 6.45) is 0. The summed E-state index contributed by atoms with van der Waals surface area (Å²) in [5, 5.41) is 0. The Kier molecular flexibility index (Phi) is 27.2. The van der Waals surface area contributed by atoms with E-state index in [-0.39, 0.29) is 56.5 Å². The van der Waals surface area contributed by atoms with E-state index in [9.17, 15) is 0 Å².